The maximum absolute atomic E-state index is 11.3. The molecule has 3 heteroatoms. The highest BCUT2D eigenvalue weighted by molar-refractivity contribution is 8.14. The van der Waals surface area contributed by atoms with Crippen LogP contribution >= 0.6 is 11.8 Å². The van der Waals surface area contributed by atoms with E-state index in [4.69, 9.17) is 4.74 Å². The van der Waals surface area contributed by atoms with Gasteiger partial charge in [-0.1, -0.05) is 27.7 Å². The zero-order valence-electron chi connectivity index (χ0n) is 9.22. The van der Waals surface area contributed by atoms with Crippen LogP contribution in [-0.4, -0.2) is 16.2 Å². The van der Waals surface area contributed by atoms with Gasteiger partial charge in [0.15, 0.2) is 0 Å². The number of carbonyl (C=O) groups is 1. The van der Waals surface area contributed by atoms with Gasteiger partial charge in [-0.2, -0.15) is 0 Å². The zero-order chi connectivity index (χ0) is 10.5. The molecule has 0 heterocycles. The summed E-state index contributed by atoms with van der Waals surface area (Å²) in [7, 11) is 0. The van der Waals surface area contributed by atoms with E-state index >= 15 is 0 Å². The lowest BCUT2D eigenvalue weighted by atomic mass is 10.1. The molecule has 78 valence electrons. The van der Waals surface area contributed by atoms with Crippen molar-refractivity contribution < 1.29 is 9.53 Å². The average molecular weight is 204 g/mol. The first-order valence-corrected chi connectivity index (χ1v) is 5.62. The fourth-order valence-electron chi connectivity index (χ4n) is 0.569. The predicted molar refractivity (Wildman–Crippen MR) is 58.2 cm³/mol. The molecular weight excluding hydrogens is 184 g/mol. The summed E-state index contributed by atoms with van der Waals surface area (Å²) in [6.07, 6.45) is 1.87. The molecule has 0 radical (unpaired) electrons. The predicted octanol–water partition coefficient (Wildman–Crippen LogP) is 3.84. The Morgan fingerprint density at radius 2 is 2.00 bits per heavy atom. The molecule has 0 rings (SSSR count). The minimum Gasteiger partial charge on any atom is -0.455 e. The van der Waals surface area contributed by atoms with Crippen LogP contribution in [0.3, 0.4) is 0 Å². The normalized spacial score (nSPS) is 13.9. The monoisotopic (exact) mass is 204 g/mol. The van der Waals surface area contributed by atoms with E-state index in [1.807, 2.05) is 13.8 Å². The molecule has 0 aliphatic carbocycles. The van der Waals surface area contributed by atoms with E-state index in [-0.39, 0.29) is 16.2 Å². The van der Waals surface area contributed by atoms with Gasteiger partial charge in [0.25, 0.3) is 0 Å². The van der Waals surface area contributed by atoms with Gasteiger partial charge in [0.2, 0.25) is 0 Å². The largest absolute Gasteiger partial charge is 0.455 e. The Morgan fingerprint density at radius 1 is 1.46 bits per heavy atom. The quantitative estimate of drug-likeness (QED) is 0.651. The van der Waals surface area contributed by atoms with Crippen molar-refractivity contribution in [2.75, 3.05) is 0 Å². The highest BCUT2D eigenvalue weighted by Gasteiger charge is 2.22. The van der Waals surface area contributed by atoms with Gasteiger partial charge in [-0.15, -0.1) is 0 Å². The van der Waals surface area contributed by atoms with Crippen molar-refractivity contribution >= 4 is 17.1 Å². The molecule has 0 aromatic carbocycles. The highest BCUT2D eigenvalue weighted by atomic mass is 32.2. The van der Waals surface area contributed by atoms with Crippen molar-refractivity contribution in [1.82, 2.24) is 0 Å². The van der Waals surface area contributed by atoms with Crippen LogP contribution in [0.5, 0.6) is 0 Å². The second kappa shape index (κ2) is 5.53. The Labute approximate surface area is 85.4 Å². The van der Waals surface area contributed by atoms with Gasteiger partial charge in [0.1, 0.15) is 0 Å². The lowest BCUT2D eigenvalue weighted by molar-refractivity contribution is 0.130. The third kappa shape index (κ3) is 5.97. The molecule has 0 aliphatic rings. The minimum absolute atomic E-state index is 0.00938. The van der Waals surface area contributed by atoms with Crippen molar-refractivity contribution in [3.8, 4) is 0 Å². The summed E-state index contributed by atoms with van der Waals surface area (Å²) in [5, 5.41) is -0.152. The van der Waals surface area contributed by atoms with Crippen LogP contribution in [0, 0.1) is 0 Å². The molecule has 1 atom stereocenters. The molecular formula is C10H20O2S. The second-order valence-electron chi connectivity index (χ2n) is 3.80. The van der Waals surface area contributed by atoms with Gasteiger partial charge in [-0.05, 0) is 31.5 Å². The Kier molecular flexibility index (Phi) is 5.45. The van der Waals surface area contributed by atoms with E-state index in [1.54, 1.807) is 0 Å². The van der Waals surface area contributed by atoms with Crippen LogP contribution in [0.25, 0.3) is 0 Å². The summed E-state index contributed by atoms with van der Waals surface area (Å²) in [4.78, 5) is 11.3. The number of hydrogen-bond donors (Lipinski definition) is 0. The summed E-state index contributed by atoms with van der Waals surface area (Å²) < 4.78 is 5.15. The number of carbonyl (C=O) groups excluding carboxylic acids is 1. The first-order valence-electron chi connectivity index (χ1n) is 4.81. The van der Waals surface area contributed by atoms with Crippen molar-refractivity contribution in [1.29, 1.82) is 0 Å². The topological polar surface area (TPSA) is 26.3 Å². The summed E-state index contributed by atoms with van der Waals surface area (Å²) in [5.74, 6) is 0. The Balaban J connectivity index is 3.87. The van der Waals surface area contributed by atoms with E-state index in [2.05, 4.69) is 20.8 Å². The molecule has 0 saturated carbocycles. The maximum atomic E-state index is 11.3. The molecule has 0 saturated heterocycles. The molecule has 0 spiro atoms. The number of ether oxygens (including phenoxy) is 1. The van der Waals surface area contributed by atoms with Crippen molar-refractivity contribution in [2.45, 2.75) is 58.3 Å². The third-order valence-corrected chi connectivity index (χ3v) is 3.19. The molecule has 0 bridgehead atoms. The lowest BCUT2D eigenvalue weighted by Gasteiger charge is -2.21. The fourth-order valence-corrected chi connectivity index (χ4v) is 1.38. The van der Waals surface area contributed by atoms with Crippen LogP contribution in [0.4, 0.5) is 4.79 Å². The van der Waals surface area contributed by atoms with Crippen LogP contribution in [0.1, 0.15) is 47.5 Å². The summed E-state index contributed by atoms with van der Waals surface area (Å²) >= 11 is 1.28. The summed E-state index contributed by atoms with van der Waals surface area (Å²) in [5.41, 5.74) is 0. The van der Waals surface area contributed by atoms with Gasteiger partial charge < -0.3 is 4.74 Å². The average Bonchev–Trinajstić information content (AvgIpc) is 2.03. The van der Waals surface area contributed by atoms with Crippen LogP contribution in [0.2, 0.25) is 0 Å². The number of hydrogen-bond acceptors (Lipinski definition) is 3. The summed E-state index contributed by atoms with van der Waals surface area (Å²) in [6, 6.07) is 0. The molecule has 0 N–H and O–H groups in total. The van der Waals surface area contributed by atoms with Crippen LogP contribution < -0.4 is 0 Å². The molecule has 0 aromatic rings. The lowest BCUT2D eigenvalue weighted by Crippen LogP contribution is -2.19. The molecule has 0 aromatic heterocycles. The number of rotatable bonds is 4. The molecule has 0 aliphatic heterocycles. The van der Waals surface area contributed by atoms with Crippen LogP contribution in [-0.2, 0) is 4.74 Å². The van der Waals surface area contributed by atoms with Gasteiger partial charge in [-0.3, -0.25) is 0 Å². The fraction of sp³-hybridized carbons (Fsp3) is 0.900. The first kappa shape index (κ1) is 12.8. The maximum Gasteiger partial charge on any atom is 0.368 e. The smallest absolute Gasteiger partial charge is 0.368 e. The standard InChI is InChI=1S/C10H20O2S/c1-6-8(3)12-9(11)13-10(4,5)7-2/h8H,6-7H2,1-5H3. The Morgan fingerprint density at radius 3 is 2.38 bits per heavy atom. The van der Waals surface area contributed by atoms with E-state index in [1.165, 1.54) is 11.8 Å². The third-order valence-electron chi connectivity index (χ3n) is 2.08. The SMILES string of the molecule is CCC(C)OC(=O)SC(C)(C)CC. The summed E-state index contributed by atoms with van der Waals surface area (Å²) in [6.45, 7) is 10.1. The zero-order valence-corrected chi connectivity index (χ0v) is 10.0. The highest BCUT2D eigenvalue weighted by Crippen LogP contribution is 2.29. The Bertz CT molecular complexity index is 166. The van der Waals surface area contributed by atoms with Crippen molar-refractivity contribution in [3.05, 3.63) is 0 Å². The molecule has 13 heavy (non-hydrogen) atoms. The molecule has 2 nitrogen and oxygen atoms in total. The van der Waals surface area contributed by atoms with E-state index in [0.29, 0.717) is 0 Å². The van der Waals surface area contributed by atoms with E-state index < -0.39 is 0 Å². The van der Waals surface area contributed by atoms with Gasteiger partial charge in [-0.25, -0.2) is 4.79 Å². The van der Waals surface area contributed by atoms with E-state index in [0.717, 1.165) is 12.8 Å². The van der Waals surface area contributed by atoms with E-state index in [9.17, 15) is 4.79 Å². The molecule has 1 unspecified atom stereocenters. The minimum atomic E-state index is -0.152. The van der Waals surface area contributed by atoms with Crippen molar-refractivity contribution in [3.63, 3.8) is 0 Å². The van der Waals surface area contributed by atoms with Crippen LogP contribution in [0.15, 0.2) is 0 Å². The number of thioether (sulfide) groups is 1. The molecule has 0 amide bonds. The van der Waals surface area contributed by atoms with Gasteiger partial charge >= 0.3 is 5.30 Å². The first-order chi connectivity index (χ1) is 5.91. The second-order valence-corrected chi connectivity index (χ2v) is 5.44. The van der Waals surface area contributed by atoms with Crippen molar-refractivity contribution in [2.24, 2.45) is 0 Å². The van der Waals surface area contributed by atoms with Gasteiger partial charge in [0.05, 0.1) is 6.10 Å². The Hall–Kier alpha value is -0.180. The van der Waals surface area contributed by atoms with Gasteiger partial charge in [0, 0.05) is 4.75 Å². The molecule has 0 fully saturated rings.